The summed E-state index contributed by atoms with van der Waals surface area (Å²) in [6.07, 6.45) is 0. The Bertz CT molecular complexity index is 671. The fraction of sp³-hybridized carbons (Fsp3) is 0.350. The number of likely N-dealkylation sites (N-methyl/N-ethyl adjacent to an activating group) is 1. The normalized spacial score (nSPS) is 12.0. The number of carbonyl (C=O) groups is 1. The van der Waals surface area contributed by atoms with E-state index < -0.39 is 0 Å². The second-order valence-electron chi connectivity index (χ2n) is 6.09. The van der Waals surface area contributed by atoms with Crippen molar-refractivity contribution in [3.05, 3.63) is 64.1 Å². The van der Waals surface area contributed by atoms with Crippen LogP contribution in [-0.4, -0.2) is 31.0 Å². The Labute approximate surface area is 158 Å². The van der Waals surface area contributed by atoms with Crippen LogP contribution in [0.2, 0.25) is 0 Å². The molecule has 0 fully saturated rings. The molecule has 4 nitrogen and oxygen atoms in total. The lowest BCUT2D eigenvalue weighted by Gasteiger charge is -2.19. The van der Waals surface area contributed by atoms with E-state index in [9.17, 15) is 4.79 Å². The van der Waals surface area contributed by atoms with Crippen molar-refractivity contribution in [2.24, 2.45) is 0 Å². The minimum atomic E-state index is -0.0144. The van der Waals surface area contributed by atoms with E-state index in [-0.39, 0.29) is 11.9 Å². The molecule has 1 amide bonds. The van der Waals surface area contributed by atoms with Gasteiger partial charge in [0.15, 0.2) is 0 Å². The molecule has 0 unspecified atom stereocenters. The third kappa shape index (κ3) is 6.52. The molecule has 134 valence electrons. The summed E-state index contributed by atoms with van der Waals surface area (Å²) in [7, 11) is 1.94. The molecule has 0 saturated heterocycles. The number of hydrogen-bond donors (Lipinski definition) is 1. The molecule has 2 aromatic rings. The van der Waals surface area contributed by atoms with Crippen LogP contribution in [0.5, 0.6) is 5.75 Å². The monoisotopic (exact) mass is 404 g/mol. The van der Waals surface area contributed by atoms with E-state index in [1.54, 1.807) is 0 Å². The van der Waals surface area contributed by atoms with Crippen molar-refractivity contribution in [2.75, 3.05) is 20.2 Å². The summed E-state index contributed by atoms with van der Waals surface area (Å²) < 4.78 is 6.48. The van der Waals surface area contributed by atoms with Gasteiger partial charge in [0.1, 0.15) is 5.75 Å². The Hall–Kier alpha value is -1.85. The quantitative estimate of drug-likeness (QED) is 0.717. The van der Waals surface area contributed by atoms with E-state index in [0.717, 1.165) is 21.3 Å². The van der Waals surface area contributed by atoms with Crippen molar-refractivity contribution in [3.63, 3.8) is 0 Å². The number of amides is 1. The number of hydrogen-bond acceptors (Lipinski definition) is 3. The lowest BCUT2D eigenvalue weighted by molar-refractivity contribution is -0.122. The van der Waals surface area contributed by atoms with Crippen molar-refractivity contribution >= 4 is 21.8 Å². The Morgan fingerprint density at radius 2 is 1.80 bits per heavy atom. The van der Waals surface area contributed by atoms with Crippen LogP contribution < -0.4 is 10.1 Å². The molecule has 0 bridgehead atoms. The first-order chi connectivity index (χ1) is 12.0. The summed E-state index contributed by atoms with van der Waals surface area (Å²) in [4.78, 5) is 14.3. The lowest BCUT2D eigenvalue weighted by atomic mass is 10.1. The van der Waals surface area contributed by atoms with E-state index in [2.05, 4.69) is 21.2 Å². The van der Waals surface area contributed by atoms with Crippen LogP contribution in [-0.2, 0) is 11.3 Å². The van der Waals surface area contributed by atoms with Crippen LogP contribution in [0.25, 0.3) is 0 Å². The van der Waals surface area contributed by atoms with Crippen molar-refractivity contribution in [1.29, 1.82) is 0 Å². The molecule has 1 N–H and O–H groups in total. The summed E-state index contributed by atoms with van der Waals surface area (Å²) in [6, 6.07) is 16.0. The number of carbonyl (C=O) groups excluding carboxylic acids is 1. The van der Waals surface area contributed by atoms with Crippen LogP contribution in [0.15, 0.2) is 53.0 Å². The highest BCUT2D eigenvalue weighted by atomic mass is 79.9. The van der Waals surface area contributed by atoms with Gasteiger partial charge in [-0.15, -0.1) is 0 Å². The second-order valence-corrected chi connectivity index (χ2v) is 7.01. The van der Waals surface area contributed by atoms with Crippen LogP contribution in [0.3, 0.4) is 0 Å². The Morgan fingerprint density at radius 3 is 2.40 bits per heavy atom. The first-order valence-corrected chi connectivity index (χ1v) is 9.22. The standard InChI is InChI=1S/C20H25BrN2O2/c1-4-25-19-11-5-16(6-12-19)13-23(3)14-20(24)22-15(2)17-7-9-18(21)10-8-17/h5-12,15H,4,13-14H2,1-3H3,(H,22,24)/t15-/m0/s1. The van der Waals surface area contributed by atoms with E-state index in [1.165, 1.54) is 0 Å². The maximum Gasteiger partial charge on any atom is 0.234 e. The number of nitrogens with zero attached hydrogens (tertiary/aromatic N) is 1. The molecule has 0 aliphatic heterocycles. The number of halogens is 1. The SMILES string of the molecule is CCOc1ccc(CN(C)CC(=O)N[C@@H](C)c2ccc(Br)cc2)cc1. The van der Waals surface area contributed by atoms with Gasteiger partial charge in [-0.3, -0.25) is 9.69 Å². The van der Waals surface area contributed by atoms with Gasteiger partial charge < -0.3 is 10.1 Å². The van der Waals surface area contributed by atoms with Crippen LogP contribution in [0.1, 0.15) is 31.0 Å². The number of rotatable bonds is 8. The van der Waals surface area contributed by atoms with Gasteiger partial charge in [0.25, 0.3) is 0 Å². The summed E-state index contributed by atoms with van der Waals surface area (Å²) in [5.74, 6) is 0.888. The van der Waals surface area contributed by atoms with Gasteiger partial charge in [0.2, 0.25) is 5.91 Å². The minimum absolute atomic E-state index is 0.0144. The average Bonchev–Trinajstić information content (AvgIpc) is 2.57. The van der Waals surface area contributed by atoms with Gasteiger partial charge in [-0.25, -0.2) is 0 Å². The first kappa shape index (κ1) is 19.5. The molecule has 0 aromatic heterocycles. The highest BCUT2D eigenvalue weighted by molar-refractivity contribution is 9.10. The summed E-state index contributed by atoms with van der Waals surface area (Å²) >= 11 is 3.42. The van der Waals surface area contributed by atoms with Crippen molar-refractivity contribution in [2.45, 2.75) is 26.4 Å². The molecule has 0 radical (unpaired) electrons. The summed E-state index contributed by atoms with van der Waals surface area (Å²) in [5.41, 5.74) is 2.24. The predicted octanol–water partition coefficient (Wildman–Crippen LogP) is 4.16. The molecule has 0 saturated carbocycles. The van der Waals surface area contributed by atoms with E-state index in [4.69, 9.17) is 4.74 Å². The van der Waals surface area contributed by atoms with E-state index >= 15 is 0 Å². The molecule has 0 heterocycles. The zero-order valence-electron chi connectivity index (χ0n) is 15.0. The van der Waals surface area contributed by atoms with Gasteiger partial charge in [-0.2, -0.15) is 0 Å². The molecule has 0 spiro atoms. The van der Waals surface area contributed by atoms with Gasteiger partial charge in [0.05, 0.1) is 19.2 Å². The molecule has 0 aliphatic carbocycles. The third-order valence-corrected chi connectivity index (χ3v) is 4.38. The number of ether oxygens (including phenoxy) is 1. The van der Waals surface area contributed by atoms with E-state index in [1.807, 2.05) is 74.3 Å². The molecule has 2 aromatic carbocycles. The zero-order valence-corrected chi connectivity index (χ0v) is 16.5. The highest BCUT2D eigenvalue weighted by Gasteiger charge is 2.12. The van der Waals surface area contributed by atoms with Crippen molar-refractivity contribution < 1.29 is 9.53 Å². The predicted molar refractivity (Wildman–Crippen MR) is 105 cm³/mol. The Kier molecular flexibility index (Phi) is 7.47. The molecule has 2 rings (SSSR count). The molecule has 0 aliphatic rings. The van der Waals surface area contributed by atoms with Crippen molar-refractivity contribution in [1.82, 2.24) is 10.2 Å². The number of benzene rings is 2. The maximum absolute atomic E-state index is 12.3. The lowest BCUT2D eigenvalue weighted by Crippen LogP contribution is -2.36. The second kappa shape index (κ2) is 9.59. The topological polar surface area (TPSA) is 41.6 Å². The number of nitrogens with one attached hydrogen (secondary N) is 1. The zero-order chi connectivity index (χ0) is 18.2. The van der Waals surface area contributed by atoms with Crippen LogP contribution >= 0.6 is 15.9 Å². The molecular weight excluding hydrogens is 380 g/mol. The molecule has 25 heavy (non-hydrogen) atoms. The third-order valence-electron chi connectivity index (χ3n) is 3.85. The fourth-order valence-corrected chi connectivity index (χ4v) is 2.86. The van der Waals surface area contributed by atoms with E-state index in [0.29, 0.717) is 19.7 Å². The molecular formula is C20H25BrN2O2. The fourth-order valence-electron chi connectivity index (χ4n) is 2.59. The van der Waals surface area contributed by atoms with Gasteiger partial charge in [0, 0.05) is 11.0 Å². The highest BCUT2D eigenvalue weighted by Crippen LogP contribution is 2.16. The minimum Gasteiger partial charge on any atom is -0.494 e. The van der Waals surface area contributed by atoms with Gasteiger partial charge >= 0.3 is 0 Å². The molecule has 5 heteroatoms. The van der Waals surface area contributed by atoms with Crippen molar-refractivity contribution in [3.8, 4) is 5.75 Å². The maximum atomic E-state index is 12.3. The summed E-state index contributed by atoms with van der Waals surface area (Å²) in [6.45, 7) is 5.69. The molecule has 1 atom stereocenters. The van der Waals surface area contributed by atoms with Gasteiger partial charge in [-0.05, 0) is 56.3 Å². The summed E-state index contributed by atoms with van der Waals surface area (Å²) in [5, 5.41) is 3.04. The Morgan fingerprint density at radius 1 is 1.16 bits per heavy atom. The van der Waals surface area contributed by atoms with Gasteiger partial charge in [-0.1, -0.05) is 40.2 Å². The average molecular weight is 405 g/mol. The smallest absolute Gasteiger partial charge is 0.234 e. The van der Waals surface area contributed by atoms with Crippen LogP contribution in [0, 0.1) is 0 Å². The Balaban J connectivity index is 1.81. The largest absolute Gasteiger partial charge is 0.494 e. The first-order valence-electron chi connectivity index (χ1n) is 8.43. The van der Waals surface area contributed by atoms with Crippen LogP contribution in [0.4, 0.5) is 0 Å².